The number of rotatable bonds is 7. The van der Waals surface area contributed by atoms with Gasteiger partial charge < -0.3 is 14.6 Å². The van der Waals surface area contributed by atoms with E-state index in [1.807, 2.05) is 0 Å². The molecule has 0 saturated carbocycles. The van der Waals surface area contributed by atoms with E-state index < -0.39 is 18.8 Å². The number of halogens is 3. The van der Waals surface area contributed by atoms with E-state index in [-0.39, 0.29) is 24.4 Å². The Morgan fingerprint density at radius 3 is 2.96 bits per heavy atom. The Morgan fingerprint density at radius 2 is 2.33 bits per heavy atom. The van der Waals surface area contributed by atoms with Crippen molar-refractivity contribution >= 4 is 5.91 Å². The number of aromatic nitrogens is 2. The van der Waals surface area contributed by atoms with E-state index in [1.165, 1.54) is 12.4 Å². The smallest absolute Gasteiger partial charge is 0.376 e. The molecule has 1 amide bonds. The summed E-state index contributed by atoms with van der Waals surface area (Å²) in [7, 11) is 1.68. The second kappa shape index (κ2) is 7.98. The summed E-state index contributed by atoms with van der Waals surface area (Å²) < 4.78 is 44.1. The van der Waals surface area contributed by atoms with E-state index >= 15 is 0 Å². The minimum absolute atomic E-state index is 0.0529. The maximum atomic E-state index is 12.5. The summed E-state index contributed by atoms with van der Waals surface area (Å²) in [6.07, 6.45) is 0.294. The zero-order valence-corrected chi connectivity index (χ0v) is 13.8. The van der Waals surface area contributed by atoms with Crippen LogP contribution in [-0.4, -0.2) is 58.9 Å². The molecule has 2 atom stereocenters. The van der Waals surface area contributed by atoms with Crippen molar-refractivity contribution in [1.29, 1.82) is 0 Å². The van der Waals surface area contributed by atoms with Crippen molar-refractivity contribution in [2.24, 2.45) is 0 Å². The SMILES string of the molecule is C[C@@H](C(=O)NC[C@@H]1CCCO1)N(C)Cc1nccn1CC(F)(F)F. The minimum atomic E-state index is -4.31. The van der Waals surface area contributed by atoms with E-state index in [4.69, 9.17) is 4.74 Å². The molecular weight excluding hydrogens is 325 g/mol. The number of carbonyl (C=O) groups excluding carboxylic acids is 1. The molecule has 1 aliphatic rings. The summed E-state index contributed by atoms with van der Waals surface area (Å²) in [5, 5.41) is 2.82. The molecule has 0 aromatic carbocycles. The predicted octanol–water partition coefficient (Wildman–Crippen LogP) is 1.56. The fourth-order valence-electron chi connectivity index (χ4n) is 2.56. The van der Waals surface area contributed by atoms with E-state index in [0.29, 0.717) is 6.54 Å². The lowest BCUT2D eigenvalue weighted by atomic mass is 10.2. The maximum Gasteiger partial charge on any atom is 0.406 e. The van der Waals surface area contributed by atoms with Crippen molar-refractivity contribution in [3.05, 3.63) is 18.2 Å². The van der Waals surface area contributed by atoms with Gasteiger partial charge in [-0.3, -0.25) is 9.69 Å². The number of hydrogen-bond acceptors (Lipinski definition) is 4. The number of carbonyl (C=O) groups is 1. The third-order valence-corrected chi connectivity index (χ3v) is 4.11. The molecule has 0 bridgehead atoms. The molecule has 1 fully saturated rings. The third-order valence-electron chi connectivity index (χ3n) is 4.11. The quantitative estimate of drug-likeness (QED) is 0.812. The highest BCUT2D eigenvalue weighted by atomic mass is 19.4. The van der Waals surface area contributed by atoms with Gasteiger partial charge in [-0.1, -0.05) is 0 Å². The van der Waals surface area contributed by atoms with E-state index in [2.05, 4.69) is 10.3 Å². The van der Waals surface area contributed by atoms with Crippen LogP contribution in [0.2, 0.25) is 0 Å². The molecule has 2 rings (SSSR count). The highest BCUT2D eigenvalue weighted by Crippen LogP contribution is 2.19. The highest BCUT2D eigenvalue weighted by Gasteiger charge is 2.29. The molecular formula is C15H23F3N4O2. The van der Waals surface area contributed by atoms with Crippen LogP contribution in [0.5, 0.6) is 0 Å². The fraction of sp³-hybridized carbons (Fsp3) is 0.733. The summed E-state index contributed by atoms with van der Waals surface area (Å²) in [6, 6.07) is -0.484. The van der Waals surface area contributed by atoms with Crippen LogP contribution in [0.25, 0.3) is 0 Å². The Bertz CT molecular complexity index is 541. The molecule has 1 aromatic heterocycles. The number of alkyl halides is 3. The van der Waals surface area contributed by atoms with Gasteiger partial charge in [-0.25, -0.2) is 4.98 Å². The van der Waals surface area contributed by atoms with Gasteiger partial charge in [0.15, 0.2) is 0 Å². The largest absolute Gasteiger partial charge is 0.406 e. The molecule has 24 heavy (non-hydrogen) atoms. The number of likely N-dealkylation sites (N-methyl/N-ethyl adjacent to an activating group) is 1. The van der Waals surface area contributed by atoms with E-state index in [0.717, 1.165) is 24.0 Å². The summed E-state index contributed by atoms with van der Waals surface area (Å²) in [4.78, 5) is 17.8. The van der Waals surface area contributed by atoms with Crippen LogP contribution < -0.4 is 5.32 Å². The highest BCUT2D eigenvalue weighted by molar-refractivity contribution is 5.81. The first-order valence-electron chi connectivity index (χ1n) is 7.92. The van der Waals surface area contributed by atoms with Gasteiger partial charge in [-0.15, -0.1) is 0 Å². The van der Waals surface area contributed by atoms with Crippen LogP contribution in [0.4, 0.5) is 13.2 Å². The van der Waals surface area contributed by atoms with Gasteiger partial charge in [0.25, 0.3) is 0 Å². The van der Waals surface area contributed by atoms with Gasteiger partial charge in [0.2, 0.25) is 5.91 Å². The van der Waals surface area contributed by atoms with Gasteiger partial charge in [-0.2, -0.15) is 13.2 Å². The van der Waals surface area contributed by atoms with Gasteiger partial charge >= 0.3 is 6.18 Å². The first kappa shape index (κ1) is 18.7. The Hall–Kier alpha value is -1.61. The van der Waals surface area contributed by atoms with Gasteiger partial charge in [0, 0.05) is 25.5 Å². The number of ether oxygens (including phenoxy) is 1. The Labute approximate surface area is 139 Å². The summed E-state index contributed by atoms with van der Waals surface area (Å²) in [5.74, 6) is 0.0931. The van der Waals surface area contributed by atoms with Crippen molar-refractivity contribution < 1.29 is 22.7 Å². The van der Waals surface area contributed by atoms with Crippen molar-refractivity contribution in [2.45, 2.75) is 51.2 Å². The first-order chi connectivity index (χ1) is 11.3. The molecule has 1 aliphatic heterocycles. The van der Waals surface area contributed by atoms with Gasteiger partial charge in [-0.05, 0) is 26.8 Å². The Morgan fingerprint density at radius 1 is 1.58 bits per heavy atom. The summed E-state index contributed by atoms with van der Waals surface area (Å²) in [6.45, 7) is 1.95. The number of hydrogen-bond donors (Lipinski definition) is 1. The molecule has 6 nitrogen and oxygen atoms in total. The second-order valence-electron chi connectivity index (χ2n) is 6.06. The van der Waals surface area contributed by atoms with E-state index in [1.54, 1.807) is 18.9 Å². The van der Waals surface area contributed by atoms with Crippen LogP contribution in [0, 0.1) is 0 Å². The third kappa shape index (κ3) is 5.48. The summed E-state index contributed by atoms with van der Waals surface area (Å²) in [5.41, 5.74) is 0. The standard InChI is InChI=1S/C15H23F3N4O2/c1-11(14(23)20-8-12-4-3-7-24-12)21(2)9-13-19-5-6-22(13)10-15(16,17)18/h5-6,11-12H,3-4,7-10H2,1-2H3,(H,20,23)/t11-,12-/m0/s1. The molecule has 1 aromatic rings. The van der Waals surface area contributed by atoms with Crippen molar-refractivity contribution in [1.82, 2.24) is 19.8 Å². The fourth-order valence-corrected chi connectivity index (χ4v) is 2.56. The monoisotopic (exact) mass is 348 g/mol. The number of imidazole rings is 1. The molecule has 0 aliphatic carbocycles. The minimum Gasteiger partial charge on any atom is -0.376 e. The van der Waals surface area contributed by atoms with Crippen LogP contribution in [0.3, 0.4) is 0 Å². The molecule has 1 N–H and O–H groups in total. The molecule has 0 radical (unpaired) electrons. The zero-order valence-electron chi connectivity index (χ0n) is 13.8. The average molecular weight is 348 g/mol. The van der Waals surface area contributed by atoms with Crippen molar-refractivity contribution in [3.8, 4) is 0 Å². The molecule has 0 unspecified atom stereocenters. The lowest BCUT2D eigenvalue weighted by molar-refractivity contribution is -0.141. The number of nitrogens with one attached hydrogen (secondary N) is 1. The van der Waals surface area contributed by atoms with Crippen molar-refractivity contribution in [2.75, 3.05) is 20.2 Å². The van der Waals surface area contributed by atoms with E-state index in [9.17, 15) is 18.0 Å². The predicted molar refractivity (Wildman–Crippen MR) is 81.2 cm³/mol. The second-order valence-corrected chi connectivity index (χ2v) is 6.06. The molecule has 0 spiro atoms. The normalized spacial score (nSPS) is 19.7. The summed E-state index contributed by atoms with van der Waals surface area (Å²) >= 11 is 0. The maximum absolute atomic E-state index is 12.5. The first-order valence-corrected chi connectivity index (χ1v) is 7.92. The van der Waals surface area contributed by atoms with Crippen LogP contribution in [0.15, 0.2) is 12.4 Å². The average Bonchev–Trinajstić information content (AvgIpc) is 3.15. The van der Waals surface area contributed by atoms with Gasteiger partial charge in [0.05, 0.1) is 18.7 Å². The molecule has 1 saturated heterocycles. The zero-order chi connectivity index (χ0) is 17.7. The topological polar surface area (TPSA) is 59.4 Å². The Balaban J connectivity index is 1.85. The van der Waals surface area contributed by atoms with Gasteiger partial charge in [0.1, 0.15) is 12.4 Å². The molecule has 9 heteroatoms. The van der Waals surface area contributed by atoms with Crippen LogP contribution >= 0.6 is 0 Å². The lowest BCUT2D eigenvalue weighted by Crippen LogP contribution is -2.45. The van der Waals surface area contributed by atoms with Crippen LogP contribution in [-0.2, 0) is 22.6 Å². The van der Waals surface area contributed by atoms with Crippen molar-refractivity contribution in [3.63, 3.8) is 0 Å². The van der Waals surface area contributed by atoms with Crippen LogP contribution in [0.1, 0.15) is 25.6 Å². The Kier molecular flexibility index (Phi) is 6.22. The molecule has 2 heterocycles. The number of amides is 1. The lowest BCUT2D eigenvalue weighted by Gasteiger charge is -2.24. The molecule has 136 valence electrons. The number of nitrogens with zero attached hydrogens (tertiary/aromatic N) is 3.